The summed E-state index contributed by atoms with van der Waals surface area (Å²) < 4.78 is 10.1. The van der Waals surface area contributed by atoms with Gasteiger partial charge in [-0.2, -0.15) is 0 Å². The number of methoxy groups -OCH3 is 1. The van der Waals surface area contributed by atoms with Crippen molar-refractivity contribution in [3.63, 3.8) is 0 Å². The van der Waals surface area contributed by atoms with Crippen LogP contribution in [0.5, 0.6) is 5.75 Å². The van der Waals surface area contributed by atoms with Crippen molar-refractivity contribution in [1.29, 1.82) is 0 Å². The first-order valence-electron chi connectivity index (χ1n) is 7.77. The monoisotopic (exact) mass is 321 g/mol. The molecule has 2 rings (SSSR count). The minimum absolute atomic E-state index is 0.0924. The smallest absolute Gasteiger partial charge is 0.308 e. The molecule has 0 atom stereocenters. The number of benzene rings is 1. The fourth-order valence-corrected chi connectivity index (χ4v) is 2.71. The van der Waals surface area contributed by atoms with E-state index in [2.05, 4.69) is 5.32 Å². The lowest BCUT2D eigenvalue weighted by molar-refractivity contribution is -0.148. The third kappa shape index (κ3) is 5.25. The van der Waals surface area contributed by atoms with Gasteiger partial charge in [0.15, 0.2) is 6.61 Å². The van der Waals surface area contributed by atoms with Crippen LogP contribution in [-0.4, -0.2) is 42.8 Å². The van der Waals surface area contributed by atoms with Crippen LogP contribution in [0.4, 0.5) is 0 Å². The Balaban J connectivity index is 1.71. The first kappa shape index (κ1) is 17.3. The summed E-state index contributed by atoms with van der Waals surface area (Å²) in [4.78, 5) is 23.3. The van der Waals surface area contributed by atoms with Crippen molar-refractivity contribution in [2.45, 2.75) is 31.3 Å². The van der Waals surface area contributed by atoms with Crippen molar-refractivity contribution in [2.24, 2.45) is 5.92 Å². The van der Waals surface area contributed by atoms with E-state index in [1.165, 1.54) is 7.11 Å². The van der Waals surface area contributed by atoms with Gasteiger partial charge in [0.25, 0.3) is 5.91 Å². The molecule has 6 nitrogen and oxygen atoms in total. The number of carbonyl (C=O) groups is 2. The van der Waals surface area contributed by atoms with E-state index in [1.54, 1.807) is 12.1 Å². The van der Waals surface area contributed by atoms with Crippen molar-refractivity contribution in [3.05, 3.63) is 30.3 Å². The number of para-hydroxylation sites is 1. The Morgan fingerprint density at radius 3 is 2.52 bits per heavy atom. The molecule has 1 aromatic carbocycles. The van der Waals surface area contributed by atoms with Gasteiger partial charge in [-0.15, -0.1) is 0 Å². The number of hydrogen-bond acceptors (Lipinski definition) is 5. The summed E-state index contributed by atoms with van der Waals surface area (Å²) in [6.45, 7) is 0.0722. The summed E-state index contributed by atoms with van der Waals surface area (Å²) in [5.74, 6) is -0.0398. The van der Waals surface area contributed by atoms with Gasteiger partial charge in [0.05, 0.1) is 18.6 Å². The highest BCUT2D eigenvalue weighted by molar-refractivity contribution is 5.77. The lowest BCUT2D eigenvalue weighted by Gasteiger charge is -2.35. The third-order valence-electron chi connectivity index (χ3n) is 4.18. The van der Waals surface area contributed by atoms with E-state index in [0.717, 1.165) is 0 Å². The third-order valence-corrected chi connectivity index (χ3v) is 4.18. The van der Waals surface area contributed by atoms with Crippen molar-refractivity contribution < 1.29 is 24.2 Å². The second kappa shape index (κ2) is 7.97. The van der Waals surface area contributed by atoms with Gasteiger partial charge in [-0.05, 0) is 37.8 Å². The molecule has 1 amide bonds. The Morgan fingerprint density at radius 2 is 1.91 bits per heavy atom. The SMILES string of the molecule is COC(=O)C1CCC(O)(CNC(=O)COc2ccccc2)CC1. The van der Waals surface area contributed by atoms with E-state index in [-0.39, 0.29) is 30.9 Å². The van der Waals surface area contributed by atoms with Crippen LogP contribution >= 0.6 is 0 Å². The predicted octanol–water partition coefficient (Wildman–Crippen LogP) is 1.28. The van der Waals surface area contributed by atoms with Crippen LogP contribution in [0.3, 0.4) is 0 Å². The van der Waals surface area contributed by atoms with Gasteiger partial charge in [-0.3, -0.25) is 9.59 Å². The standard InChI is InChI=1S/C17H23NO5/c1-22-16(20)13-7-9-17(21,10-8-13)12-18-15(19)11-23-14-5-3-2-4-6-14/h2-6,13,21H,7-12H2,1H3,(H,18,19). The van der Waals surface area contributed by atoms with Crippen LogP contribution in [-0.2, 0) is 14.3 Å². The van der Waals surface area contributed by atoms with Crippen LogP contribution in [0.25, 0.3) is 0 Å². The maximum atomic E-state index is 11.8. The Bertz CT molecular complexity index is 523. The molecule has 23 heavy (non-hydrogen) atoms. The maximum Gasteiger partial charge on any atom is 0.308 e. The zero-order chi connectivity index (χ0) is 16.7. The van der Waals surface area contributed by atoms with Gasteiger partial charge < -0.3 is 19.9 Å². The van der Waals surface area contributed by atoms with Gasteiger partial charge in [0, 0.05) is 6.54 Å². The second-order valence-corrected chi connectivity index (χ2v) is 5.90. The molecule has 0 unspecified atom stereocenters. The van der Waals surface area contributed by atoms with Gasteiger partial charge in [-0.1, -0.05) is 18.2 Å². The zero-order valence-electron chi connectivity index (χ0n) is 13.3. The molecule has 1 fully saturated rings. The number of aliphatic hydroxyl groups is 1. The van der Waals surface area contributed by atoms with Crippen molar-refractivity contribution in [1.82, 2.24) is 5.32 Å². The van der Waals surface area contributed by atoms with Crippen LogP contribution in [0.1, 0.15) is 25.7 Å². The summed E-state index contributed by atoms with van der Waals surface area (Å²) in [6, 6.07) is 9.07. The Kier molecular flexibility index (Phi) is 5.98. The molecule has 1 saturated carbocycles. The molecular formula is C17H23NO5. The summed E-state index contributed by atoms with van der Waals surface area (Å²) >= 11 is 0. The lowest BCUT2D eigenvalue weighted by atomic mass is 9.79. The number of ether oxygens (including phenoxy) is 2. The summed E-state index contributed by atoms with van der Waals surface area (Å²) in [6.07, 6.45) is 2.07. The highest BCUT2D eigenvalue weighted by atomic mass is 16.5. The number of amides is 1. The first-order valence-corrected chi connectivity index (χ1v) is 7.77. The minimum atomic E-state index is -0.965. The van der Waals surface area contributed by atoms with E-state index < -0.39 is 5.60 Å². The number of carbonyl (C=O) groups excluding carboxylic acids is 2. The summed E-state index contributed by atoms with van der Waals surface area (Å²) in [5.41, 5.74) is -0.965. The molecule has 0 bridgehead atoms. The molecule has 0 radical (unpaired) electrons. The first-order chi connectivity index (χ1) is 11.0. The quantitative estimate of drug-likeness (QED) is 0.771. The molecule has 2 N–H and O–H groups in total. The fraction of sp³-hybridized carbons (Fsp3) is 0.529. The van der Waals surface area contributed by atoms with E-state index >= 15 is 0 Å². The molecule has 0 aliphatic heterocycles. The summed E-state index contributed by atoms with van der Waals surface area (Å²) in [5, 5.41) is 13.2. The highest BCUT2D eigenvalue weighted by Crippen LogP contribution is 2.32. The summed E-state index contributed by atoms with van der Waals surface area (Å²) in [7, 11) is 1.37. The lowest BCUT2D eigenvalue weighted by Crippen LogP contribution is -2.47. The average molecular weight is 321 g/mol. The molecule has 1 aromatic rings. The van der Waals surface area contributed by atoms with Gasteiger partial charge in [-0.25, -0.2) is 0 Å². The molecule has 1 aliphatic rings. The average Bonchev–Trinajstić information content (AvgIpc) is 2.59. The molecule has 0 saturated heterocycles. The Morgan fingerprint density at radius 1 is 1.26 bits per heavy atom. The second-order valence-electron chi connectivity index (χ2n) is 5.90. The normalized spacial score (nSPS) is 23.8. The van der Waals surface area contributed by atoms with Crippen molar-refractivity contribution >= 4 is 11.9 Å². The number of esters is 1. The van der Waals surface area contributed by atoms with Gasteiger partial charge in [0.1, 0.15) is 5.75 Å². The van der Waals surface area contributed by atoms with E-state index in [0.29, 0.717) is 31.4 Å². The van der Waals surface area contributed by atoms with Crippen LogP contribution in [0, 0.1) is 5.92 Å². The van der Waals surface area contributed by atoms with E-state index in [1.807, 2.05) is 18.2 Å². The van der Waals surface area contributed by atoms with Gasteiger partial charge >= 0.3 is 5.97 Å². The zero-order valence-corrected chi connectivity index (χ0v) is 13.3. The van der Waals surface area contributed by atoms with Crippen LogP contribution < -0.4 is 10.1 Å². The van der Waals surface area contributed by atoms with Crippen LogP contribution in [0.15, 0.2) is 30.3 Å². The molecule has 6 heteroatoms. The predicted molar refractivity (Wildman–Crippen MR) is 83.9 cm³/mol. The number of nitrogens with one attached hydrogen (secondary N) is 1. The largest absolute Gasteiger partial charge is 0.484 e. The molecule has 126 valence electrons. The maximum absolute atomic E-state index is 11.8. The topological polar surface area (TPSA) is 84.9 Å². The van der Waals surface area contributed by atoms with Crippen LogP contribution in [0.2, 0.25) is 0 Å². The van der Waals surface area contributed by atoms with E-state index in [9.17, 15) is 14.7 Å². The molecule has 1 aliphatic carbocycles. The van der Waals surface area contributed by atoms with E-state index in [4.69, 9.17) is 9.47 Å². The molecule has 0 spiro atoms. The molecule has 0 aromatic heterocycles. The highest BCUT2D eigenvalue weighted by Gasteiger charge is 2.36. The van der Waals surface area contributed by atoms with Gasteiger partial charge in [0.2, 0.25) is 0 Å². The molecular weight excluding hydrogens is 298 g/mol. The Hall–Kier alpha value is -2.08. The Labute approximate surface area is 135 Å². The molecule has 0 heterocycles. The fourth-order valence-electron chi connectivity index (χ4n) is 2.71. The number of hydrogen-bond donors (Lipinski definition) is 2. The van der Waals surface area contributed by atoms with Crippen molar-refractivity contribution in [3.8, 4) is 5.75 Å². The minimum Gasteiger partial charge on any atom is -0.484 e. The van der Waals surface area contributed by atoms with Crippen molar-refractivity contribution in [2.75, 3.05) is 20.3 Å². The number of rotatable bonds is 6.